The topological polar surface area (TPSA) is 63.1 Å². The molecular formula is C37H43IrN2O2-. The van der Waals surface area contributed by atoms with E-state index < -0.39 is 5.41 Å². The Bertz CT molecular complexity index is 1620. The molecule has 4 nitrogen and oxygen atoms in total. The number of aromatic nitrogens is 2. The quantitative estimate of drug-likeness (QED) is 0.127. The molecule has 1 radical (unpaired) electrons. The molecule has 0 spiro atoms. The molecule has 0 unspecified atom stereocenters. The zero-order valence-electron chi connectivity index (χ0n) is 26.3. The van der Waals surface area contributed by atoms with E-state index in [0.29, 0.717) is 0 Å². The van der Waals surface area contributed by atoms with Gasteiger partial charge >= 0.3 is 0 Å². The Hall–Kier alpha value is -3.14. The van der Waals surface area contributed by atoms with E-state index >= 15 is 0 Å². The largest absolute Gasteiger partial charge is 0.512 e. The Morgan fingerprint density at radius 2 is 1.57 bits per heavy atom. The van der Waals surface area contributed by atoms with Gasteiger partial charge in [0.15, 0.2) is 5.78 Å². The van der Waals surface area contributed by atoms with E-state index in [4.69, 9.17) is 4.98 Å². The summed E-state index contributed by atoms with van der Waals surface area (Å²) in [6, 6.07) is 18.8. The second-order valence-corrected chi connectivity index (χ2v) is 14.0. The molecule has 42 heavy (non-hydrogen) atoms. The van der Waals surface area contributed by atoms with Crippen molar-refractivity contribution in [3.63, 3.8) is 0 Å². The van der Waals surface area contributed by atoms with Gasteiger partial charge in [-0.05, 0) is 47.1 Å². The van der Waals surface area contributed by atoms with Crippen LogP contribution in [0.25, 0.3) is 33.2 Å². The minimum Gasteiger partial charge on any atom is -0.512 e. The van der Waals surface area contributed by atoms with Crippen molar-refractivity contribution in [2.75, 3.05) is 0 Å². The predicted molar refractivity (Wildman–Crippen MR) is 170 cm³/mol. The molecule has 1 aliphatic carbocycles. The number of aryl methyl sites for hydroxylation is 1. The number of pyridine rings is 2. The van der Waals surface area contributed by atoms with Gasteiger partial charge in [0.2, 0.25) is 0 Å². The van der Waals surface area contributed by atoms with Crippen LogP contribution in [0.2, 0.25) is 0 Å². The molecule has 5 heteroatoms. The molecule has 223 valence electrons. The fourth-order valence-corrected chi connectivity index (χ4v) is 4.91. The molecule has 5 rings (SSSR count). The maximum atomic E-state index is 11.5. The molecule has 2 aromatic heterocycles. The van der Waals surface area contributed by atoms with Gasteiger partial charge < -0.3 is 5.11 Å². The minimum absolute atomic E-state index is 0. The van der Waals surface area contributed by atoms with Crippen molar-refractivity contribution in [1.29, 1.82) is 0 Å². The molecule has 1 aliphatic rings. The Morgan fingerprint density at radius 1 is 0.881 bits per heavy atom. The van der Waals surface area contributed by atoms with Crippen molar-refractivity contribution < 1.29 is 30.0 Å². The van der Waals surface area contributed by atoms with Crippen LogP contribution in [0.5, 0.6) is 0 Å². The third-order valence-electron chi connectivity index (χ3n) is 7.52. The number of benzene rings is 2. The first-order chi connectivity index (χ1) is 19.1. The summed E-state index contributed by atoms with van der Waals surface area (Å²) in [5, 5.41) is 12.0. The maximum absolute atomic E-state index is 11.5. The second-order valence-electron chi connectivity index (χ2n) is 14.0. The van der Waals surface area contributed by atoms with Gasteiger partial charge in [0.25, 0.3) is 0 Å². The van der Waals surface area contributed by atoms with Crippen molar-refractivity contribution >= 4 is 16.6 Å². The van der Waals surface area contributed by atoms with Gasteiger partial charge in [-0.2, -0.15) is 0 Å². The maximum Gasteiger partial charge on any atom is 0.164 e. The van der Waals surface area contributed by atoms with E-state index in [0.717, 1.165) is 29.5 Å². The monoisotopic (exact) mass is 740 g/mol. The van der Waals surface area contributed by atoms with E-state index in [1.807, 2.05) is 60.1 Å². The summed E-state index contributed by atoms with van der Waals surface area (Å²) in [4.78, 5) is 20.7. The molecule has 0 amide bonds. The molecule has 0 saturated carbocycles. The summed E-state index contributed by atoms with van der Waals surface area (Å²) >= 11 is 0. The second kappa shape index (κ2) is 12.6. The summed E-state index contributed by atoms with van der Waals surface area (Å²) in [6.45, 7) is 17.9. The van der Waals surface area contributed by atoms with Crippen molar-refractivity contribution in [1.82, 2.24) is 9.97 Å². The predicted octanol–water partition coefficient (Wildman–Crippen LogP) is 9.25. The first-order valence-electron chi connectivity index (χ1n) is 14.4. The Labute approximate surface area is 265 Å². The van der Waals surface area contributed by atoms with Crippen molar-refractivity contribution in [3.8, 4) is 22.4 Å². The summed E-state index contributed by atoms with van der Waals surface area (Å²) < 4.78 is 0. The molecule has 2 heterocycles. The zero-order chi connectivity index (χ0) is 30.2. The summed E-state index contributed by atoms with van der Waals surface area (Å²) in [6.07, 6.45) is 9.17. The smallest absolute Gasteiger partial charge is 0.164 e. The summed E-state index contributed by atoms with van der Waals surface area (Å²) in [5.74, 6) is 0.104. The number of rotatable bonds is 2. The average molecular weight is 740 g/mol. The fourth-order valence-electron chi connectivity index (χ4n) is 4.91. The number of hydrogen-bond donors (Lipinski definition) is 1. The number of ketones is 1. The number of hydrogen-bond acceptors (Lipinski definition) is 4. The van der Waals surface area contributed by atoms with E-state index in [1.54, 1.807) is 0 Å². The van der Waals surface area contributed by atoms with Crippen molar-refractivity contribution in [2.24, 2.45) is 10.8 Å². The number of carbonyl (C=O) groups excluding carboxylic acids is 1. The summed E-state index contributed by atoms with van der Waals surface area (Å²) in [5.41, 5.74) is 7.97. The Morgan fingerprint density at radius 3 is 2.21 bits per heavy atom. The van der Waals surface area contributed by atoms with E-state index in [1.165, 1.54) is 39.3 Å². The van der Waals surface area contributed by atoms with Crippen molar-refractivity contribution in [3.05, 3.63) is 95.6 Å². The zero-order valence-corrected chi connectivity index (χ0v) is 28.7. The molecule has 0 bridgehead atoms. The van der Waals surface area contributed by atoms with Gasteiger partial charge in [-0.25, -0.2) is 0 Å². The SMILES string of the molecule is CC(C)(C)C(=O)/C=C(\O)C(C)(C)C.CC(C)(C)c1cc(-c2nccc3c2CCc2ccncc2-3)[c-]c2ccccc12.[Ir]. The number of carbonyl (C=O) groups is 1. The Kier molecular flexibility index (Phi) is 10.0. The van der Waals surface area contributed by atoms with Crippen LogP contribution in [0, 0.1) is 16.9 Å². The molecule has 1 N–H and O–H groups in total. The molecule has 2 aromatic carbocycles. The van der Waals surface area contributed by atoms with Crippen LogP contribution in [0.4, 0.5) is 0 Å². The molecule has 0 atom stereocenters. The van der Waals surface area contributed by atoms with E-state index in [-0.39, 0.29) is 42.5 Å². The van der Waals surface area contributed by atoms with Gasteiger partial charge in [-0.3, -0.25) is 14.8 Å². The minimum atomic E-state index is -0.417. The van der Waals surface area contributed by atoms with Gasteiger partial charge in [0.05, 0.1) is 0 Å². The summed E-state index contributed by atoms with van der Waals surface area (Å²) in [7, 11) is 0. The number of nitrogens with zero attached hydrogens (tertiary/aromatic N) is 2. The molecule has 0 saturated heterocycles. The van der Waals surface area contributed by atoms with Gasteiger partial charge in [0, 0.05) is 66.9 Å². The van der Waals surface area contributed by atoms with Crippen LogP contribution < -0.4 is 0 Å². The van der Waals surface area contributed by atoms with Crippen LogP contribution in [-0.4, -0.2) is 20.9 Å². The number of allylic oxidation sites excluding steroid dienone is 2. The van der Waals surface area contributed by atoms with Gasteiger partial charge in [-0.1, -0.05) is 91.5 Å². The fraction of sp³-hybridized carbons (Fsp3) is 0.378. The van der Waals surface area contributed by atoms with E-state index in [9.17, 15) is 9.90 Å². The number of fused-ring (bicyclic) bond motifs is 4. The molecule has 4 aromatic rings. The first-order valence-corrected chi connectivity index (χ1v) is 14.4. The van der Waals surface area contributed by atoms with Crippen LogP contribution >= 0.6 is 0 Å². The number of aliphatic hydroxyl groups excluding tert-OH is 1. The van der Waals surface area contributed by atoms with Crippen LogP contribution in [0.3, 0.4) is 0 Å². The van der Waals surface area contributed by atoms with E-state index in [2.05, 4.69) is 74.3 Å². The third kappa shape index (κ3) is 7.43. The molecule has 0 aliphatic heterocycles. The van der Waals surface area contributed by atoms with Crippen LogP contribution in [0.15, 0.2) is 72.9 Å². The average Bonchev–Trinajstić information content (AvgIpc) is 2.90. The van der Waals surface area contributed by atoms with Gasteiger partial charge in [-0.15, -0.1) is 29.1 Å². The third-order valence-corrected chi connectivity index (χ3v) is 7.52. The van der Waals surface area contributed by atoms with Crippen LogP contribution in [0.1, 0.15) is 79.0 Å². The normalized spacial score (nSPS) is 13.3. The van der Waals surface area contributed by atoms with Gasteiger partial charge in [0.1, 0.15) is 5.76 Å². The standard InChI is InChI=1S/C26H23N2.C11H20O2.Ir/c1-26(2,3)24-15-19(14-18-6-4-5-7-20(18)24)25-22-9-8-17-10-12-27-16-23(17)21(22)11-13-28-25;1-10(2,3)8(12)7-9(13)11(4,5)6;/h4-7,10-13,15-16H,8-9H2,1-3H3;7,12H,1-6H3;/q-1;;/b;8-7-;. The Balaban J connectivity index is 0.000000297. The van der Waals surface area contributed by atoms with Crippen molar-refractivity contribution in [2.45, 2.75) is 80.6 Å². The first kappa shape index (κ1) is 33.4. The molecule has 0 fully saturated rings. The number of aliphatic hydroxyl groups is 1. The van der Waals surface area contributed by atoms with Crippen LogP contribution in [-0.2, 0) is 43.2 Å². The molecular weight excluding hydrogens is 697 g/mol.